The maximum atomic E-state index is 11.0. The minimum atomic E-state index is -0.101. The molecule has 0 heterocycles. The van der Waals surface area contributed by atoms with Crippen molar-refractivity contribution >= 4 is 5.91 Å². The van der Waals surface area contributed by atoms with E-state index in [0.29, 0.717) is 0 Å². The van der Waals surface area contributed by atoms with E-state index in [1.807, 2.05) is 12.1 Å². The molecule has 1 aromatic rings. The van der Waals surface area contributed by atoms with Gasteiger partial charge in [-0.1, -0.05) is 6.07 Å². The van der Waals surface area contributed by atoms with E-state index in [1.165, 1.54) is 24.0 Å². The molecule has 0 atom stereocenters. The number of likely N-dealkylation sites (N-methyl/N-ethyl adjacent to an activating group) is 1. The summed E-state index contributed by atoms with van der Waals surface area (Å²) in [5.41, 5.74) is 2.78. The Bertz CT molecular complexity index is 374. The van der Waals surface area contributed by atoms with E-state index in [1.54, 1.807) is 7.05 Å². The van der Waals surface area contributed by atoms with E-state index in [0.717, 1.165) is 12.2 Å². The van der Waals surface area contributed by atoms with E-state index in [4.69, 9.17) is 4.74 Å². The zero-order valence-corrected chi connectivity index (χ0v) is 8.88. The number of fused-ring (bicyclic) bond motifs is 1. The first-order chi connectivity index (χ1) is 7.29. The van der Waals surface area contributed by atoms with E-state index in [2.05, 4.69) is 11.4 Å². The first-order valence-electron chi connectivity index (χ1n) is 5.25. The fraction of sp³-hybridized carbons (Fsp3) is 0.417. The third kappa shape index (κ3) is 2.29. The Morgan fingerprint density at radius 1 is 1.40 bits per heavy atom. The van der Waals surface area contributed by atoms with Gasteiger partial charge >= 0.3 is 0 Å². The molecule has 3 nitrogen and oxygen atoms in total. The molecule has 2 rings (SSSR count). The molecule has 0 fully saturated rings. The molecule has 1 aromatic carbocycles. The highest BCUT2D eigenvalue weighted by atomic mass is 16.5. The highest BCUT2D eigenvalue weighted by molar-refractivity contribution is 5.77. The van der Waals surface area contributed by atoms with Crippen LogP contribution in [0.2, 0.25) is 0 Å². The Hall–Kier alpha value is -1.51. The highest BCUT2D eigenvalue weighted by Crippen LogP contribution is 2.25. The molecule has 0 radical (unpaired) electrons. The van der Waals surface area contributed by atoms with Gasteiger partial charge in [-0.3, -0.25) is 4.79 Å². The topological polar surface area (TPSA) is 38.3 Å². The van der Waals surface area contributed by atoms with Crippen LogP contribution >= 0.6 is 0 Å². The normalized spacial score (nSPS) is 13.4. The molecule has 1 aliphatic rings. The monoisotopic (exact) mass is 205 g/mol. The average Bonchev–Trinajstić information content (AvgIpc) is 2.72. The number of aryl methyl sites for hydroxylation is 2. The number of carbonyl (C=O) groups is 1. The van der Waals surface area contributed by atoms with Gasteiger partial charge in [-0.2, -0.15) is 0 Å². The van der Waals surface area contributed by atoms with Crippen LogP contribution in [0.25, 0.3) is 0 Å². The van der Waals surface area contributed by atoms with E-state index in [9.17, 15) is 4.79 Å². The van der Waals surface area contributed by atoms with Gasteiger partial charge in [0.2, 0.25) is 0 Å². The molecule has 1 aliphatic carbocycles. The second kappa shape index (κ2) is 4.34. The molecule has 0 aromatic heterocycles. The van der Waals surface area contributed by atoms with Crippen molar-refractivity contribution in [2.45, 2.75) is 19.3 Å². The van der Waals surface area contributed by atoms with Gasteiger partial charge in [-0.25, -0.2) is 0 Å². The first kappa shape index (κ1) is 10.0. The Morgan fingerprint density at radius 3 is 3.00 bits per heavy atom. The van der Waals surface area contributed by atoms with Crippen molar-refractivity contribution in [3.8, 4) is 5.75 Å². The lowest BCUT2D eigenvalue weighted by Crippen LogP contribution is -2.24. The highest BCUT2D eigenvalue weighted by Gasteiger charge is 2.11. The van der Waals surface area contributed by atoms with Gasteiger partial charge in [-0.15, -0.1) is 0 Å². The van der Waals surface area contributed by atoms with Crippen LogP contribution in [0, 0.1) is 0 Å². The van der Waals surface area contributed by atoms with Crippen LogP contribution in [0.1, 0.15) is 17.5 Å². The summed E-state index contributed by atoms with van der Waals surface area (Å²) < 4.78 is 5.37. The van der Waals surface area contributed by atoms with Crippen LogP contribution in [0.5, 0.6) is 5.75 Å². The zero-order valence-electron chi connectivity index (χ0n) is 8.88. The Kier molecular flexibility index (Phi) is 2.90. The molecule has 0 saturated heterocycles. The van der Waals surface area contributed by atoms with E-state index in [-0.39, 0.29) is 12.5 Å². The number of amides is 1. The number of benzene rings is 1. The van der Waals surface area contributed by atoms with Crippen LogP contribution in [-0.4, -0.2) is 19.6 Å². The summed E-state index contributed by atoms with van der Waals surface area (Å²) in [5, 5.41) is 2.52. The number of rotatable bonds is 3. The summed E-state index contributed by atoms with van der Waals surface area (Å²) in [5.74, 6) is 0.690. The van der Waals surface area contributed by atoms with Crippen molar-refractivity contribution in [1.82, 2.24) is 5.32 Å². The molecule has 0 aliphatic heterocycles. The van der Waals surface area contributed by atoms with E-state index >= 15 is 0 Å². The van der Waals surface area contributed by atoms with Crippen molar-refractivity contribution in [1.29, 1.82) is 0 Å². The predicted octanol–water partition coefficient (Wildman–Crippen LogP) is 1.30. The maximum absolute atomic E-state index is 11.0. The van der Waals surface area contributed by atoms with Gasteiger partial charge in [0, 0.05) is 7.05 Å². The van der Waals surface area contributed by atoms with Gasteiger partial charge in [0.05, 0.1) is 0 Å². The van der Waals surface area contributed by atoms with Gasteiger partial charge in [-0.05, 0) is 42.5 Å². The summed E-state index contributed by atoms with van der Waals surface area (Å²) in [6.45, 7) is 0.0925. The van der Waals surface area contributed by atoms with Crippen LogP contribution in [-0.2, 0) is 17.6 Å². The second-order valence-corrected chi connectivity index (χ2v) is 3.75. The number of carbonyl (C=O) groups excluding carboxylic acids is 1. The summed E-state index contributed by atoms with van der Waals surface area (Å²) in [7, 11) is 1.61. The molecule has 1 amide bonds. The number of ether oxygens (including phenoxy) is 1. The fourth-order valence-corrected chi connectivity index (χ4v) is 1.86. The average molecular weight is 205 g/mol. The zero-order chi connectivity index (χ0) is 10.7. The van der Waals surface area contributed by atoms with Crippen molar-refractivity contribution in [3.05, 3.63) is 29.3 Å². The first-order valence-corrected chi connectivity index (χ1v) is 5.25. The fourth-order valence-electron chi connectivity index (χ4n) is 1.86. The molecule has 15 heavy (non-hydrogen) atoms. The van der Waals surface area contributed by atoms with Crippen molar-refractivity contribution in [2.24, 2.45) is 0 Å². The van der Waals surface area contributed by atoms with Crippen LogP contribution < -0.4 is 10.1 Å². The Labute approximate surface area is 89.4 Å². The SMILES string of the molecule is CNC(=O)COc1ccc2c(c1)CCC2. The molecule has 0 saturated carbocycles. The molecule has 0 spiro atoms. The number of nitrogens with one attached hydrogen (secondary N) is 1. The van der Waals surface area contributed by atoms with Crippen LogP contribution in [0.4, 0.5) is 0 Å². The molecule has 80 valence electrons. The van der Waals surface area contributed by atoms with Crippen molar-refractivity contribution in [2.75, 3.05) is 13.7 Å². The summed E-state index contributed by atoms with van der Waals surface area (Å²) in [6.07, 6.45) is 3.53. The smallest absolute Gasteiger partial charge is 0.257 e. The third-order valence-corrected chi connectivity index (χ3v) is 2.72. The van der Waals surface area contributed by atoms with Gasteiger partial charge < -0.3 is 10.1 Å². The number of hydrogen-bond acceptors (Lipinski definition) is 2. The summed E-state index contributed by atoms with van der Waals surface area (Å²) in [6, 6.07) is 6.08. The molecule has 0 bridgehead atoms. The van der Waals surface area contributed by atoms with Gasteiger partial charge in [0.1, 0.15) is 5.75 Å². The lowest BCUT2D eigenvalue weighted by atomic mass is 10.1. The van der Waals surface area contributed by atoms with Crippen LogP contribution in [0.3, 0.4) is 0 Å². The summed E-state index contributed by atoms with van der Waals surface area (Å²) in [4.78, 5) is 11.0. The maximum Gasteiger partial charge on any atom is 0.257 e. The third-order valence-electron chi connectivity index (χ3n) is 2.72. The van der Waals surface area contributed by atoms with Crippen LogP contribution in [0.15, 0.2) is 18.2 Å². The van der Waals surface area contributed by atoms with Crippen molar-refractivity contribution in [3.63, 3.8) is 0 Å². The van der Waals surface area contributed by atoms with Gasteiger partial charge in [0.25, 0.3) is 5.91 Å². The Balaban J connectivity index is 2.01. The predicted molar refractivity (Wildman–Crippen MR) is 58.0 cm³/mol. The van der Waals surface area contributed by atoms with Crippen molar-refractivity contribution < 1.29 is 9.53 Å². The molecule has 0 unspecified atom stereocenters. The Morgan fingerprint density at radius 2 is 2.20 bits per heavy atom. The minimum absolute atomic E-state index is 0.0925. The quantitative estimate of drug-likeness (QED) is 0.807. The van der Waals surface area contributed by atoms with E-state index < -0.39 is 0 Å². The lowest BCUT2D eigenvalue weighted by molar-refractivity contribution is -0.122. The standard InChI is InChI=1S/C12H15NO2/c1-13-12(14)8-15-11-6-5-9-3-2-4-10(9)7-11/h5-7H,2-4,8H2,1H3,(H,13,14). The molecular weight excluding hydrogens is 190 g/mol. The second-order valence-electron chi connectivity index (χ2n) is 3.75. The molecular formula is C12H15NO2. The minimum Gasteiger partial charge on any atom is -0.484 e. The molecule has 3 heteroatoms. The molecule has 1 N–H and O–H groups in total. The van der Waals surface area contributed by atoms with Gasteiger partial charge in [0.15, 0.2) is 6.61 Å². The summed E-state index contributed by atoms with van der Waals surface area (Å²) >= 11 is 0. The number of hydrogen-bond donors (Lipinski definition) is 1. The lowest BCUT2D eigenvalue weighted by Gasteiger charge is -2.06. The largest absolute Gasteiger partial charge is 0.484 e.